The summed E-state index contributed by atoms with van der Waals surface area (Å²) in [7, 11) is 3.15. The van der Waals surface area contributed by atoms with Crippen LogP contribution < -0.4 is 0 Å². The van der Waals surface area contributed by atoms with E-state index in [4.69, 9.17) is 106 Å². The lowest BCUT2D eigenvalue weighted by molar-refractivity contribution is -0.0248. The van der Waals surface area contributed by atoms with Crippen molar-refractivity contribution in [1.29, 1.82) is 0 Å². The minimum Gasteiger partial charge on any atom is -0.355 e. The van der Waals surface area contributed by atoms with Gasteiger partial charge in [0.15, 0.2) is 0 Å². The molecule has 0 N–H and O–H groups in total. The van der Waals surface area contributed by atoms with Crippen molar-refractivity contribution in [2.24, 2.45) is 0 Å². The predicted octanol–water partition coefficient (Wildman–Crippen LogP) is 12.8. The molecular weight excluding hydrogens is 1140 g/mol. The molecule has 0 rings (SSSR count). The first-order valence-corrected chi connectivity index (χ1v) is 32.0. The van der Waals surface area contributed by atoms with Gasteiger partial charge >= 0.3 is 54.3 Å². The molecule has 0 atom stereocenters. The van der Waals surface area contributed by atoms with E-state index in [0.717, 1.165) is 12.8 Å². The van der Waals surface area contributed by atoms with Gasteiger partial charge in [-0.2, -0.15) is 0 Å². The van der Waals surface area contributed by atoms with Gasteiger partial charge in [-0.05, 0) is 75.2 Å². The average molecular weight is 1290 g/mol. The van der Waals surface area contributed by atoms with Crippen molar-refractivity contribution in [1.82, 2.24) is 0 Å². The second-order valence-electron chi connectivity index (χ2n) is 11.2. The normalized spacial score (nSPS) is 10.2. The Morgan fingerprint density at radius 2 is 0.291 bits per heavy atom. The Bertz CT molecular complexity index is 853. The van der Waals surface area contributed by atoms with Gasteiger partial charge < -0.3 is 106 Å². The number of hydrogen-bond donors (Lipinski definition) is 0. The molecule has 0 aliphatic carbocycles. The van der Waals surface area contributed by atoms with Crippen LogP contribution >= 0.6 is 0 Å². The molecule has 0 aromatic heterocycles. The van der Waals surface area contributed by atoms with E-state index in [1.807, 2.05) is 76.2 Å². The van der Waals surface area contributed by atoms with Crippen molar-refractivity contribution < 1.29 is 106 Å². The zero-order valence-corrected chi connectivity index (χ0v) is 52.0. The topological polar surface area (TPSA) is 222 Å². The highest BCUT2D eigenvalue weighted by Gasteiger charge is 2.46. The lowest BCUT2D eigenvalue weighted by Crippen LogP contribution is -2.49. The van der Waals surface area contributed by atoms with Gasteiger partial charge in [0, 0.05) is 165 Å². The average Bonchev–Trinajstić information content (AvgIpc) is 3.35. The monoisotopic (exact) mass is 1290 g/mol. The summed E-state index contributed by atoms with van der Waals surface area (Å²) in [5.74, 6) is 0. The van der Waals surface area contributed by atoms with Crippen LogP contribution in [0.5, 0.6) is 0 Å². The van der Waals surface area contributed by atoms with Crippen molar-refractivity contribution in [3.05, 3.63) is 0 Å². The summed E-state index contributed by atoms with van der Waals surface area (Å²) in [6, 6.07) is 0. The fraction of sp³-hybridized carbons (Fsp3) is 1.00. The first-order valence-electron chi connectivity index (χ1n) is 22.2. The molecular formula is C49H146O24Si6. The van der Waals surface area contributed by atoms with Crippen LogP contribution in [-0.4, -0.2) is 219 Å². The van der Waals surface area contributed by atoms with Gasteiger partial charge in [0.25, 0.3) is 0 Å². The molecule has 0 amide bonds. The molecule has 0 heterocycles. The largest absolute Gasteiger partial charge is 0.679 e. The van der Waals surface area contributed by atoms with E-state index in [2.05, 4.69) is 0 Å². The smallest absolute Gasteiger partial charge is 0.355 e. The van der Waals surface area contributed by atoms with Crippen molar-refractivity contribution in [3.8, 4) is 0 Å². The molecule has 0 aliphatic heterocycles. The minimum atomic E-state index is -2.80. The van der Waals surface area contributed by atoms with Gasteiger partial charge in [0.05, 0.1) is 0 Å². The van der Waals surface area contributed by atoms with E-state index in [9.17, 15) is 0 Å². The van der Waals surface area contributed by atoms with E-state index >= 15 is 0 Å². The Morgan fingerprint density at radius 3 is 0.405 bits per heavy atom. The second kappa shape index (κ2) is 87.1. The zero-order chi connectivity index (χ0) is 53.2. The molecule has 0 spiro atoms. The molecule has 30 heteroatoms. The van der Waals surface area contributed by atoms with Crippen LogP contribution in [0.2, 0.25) is 0 Å². The molecule has 510 valence electrons. The maximum absolute atomic E-state index is 5.45. The van der Waals surface area contributed by atoms with Crippen LogP contribution in [-0.2, 0) is 106 Å². The fourth-order valence-electron chi connectivity index (χ4n) is 4.32. The lowest BCUT2D eigenvalue weighted by Gasteiger charge is -2.26. The highest BCUT2D eigenvalue weighted by Crippen LogP contribution is 2.13. The van der Waals surface area contributed by atoms with Gasteiger partial charge in [-0.25, -0.2) is 0 Å². The molecule has 24 nitrogen and oxygen atoms in total. The third-order valence-corrected chi connectivity index (χ3v) is 20.5. The van der Waals surface area contributed by atoms with Crippen molar-refractivity contribution in [2.45, 2.75) is 178 Å². The van der Waals surface area contributed by atoms with Gasteiger partial charge in [-0.1, -0.05) is 103 Å². The number of rotatable bonds is 37. The van der Waals surface area contributed by atoms with E-state index in [0.29, 0.717) is 72.7 Å². The van der Waals surface area contributed by atoms with E-state index in [1.54, 1.807) is 21.3 Å². The van der Waals surface area contributed by atoms with Crippen LogP contribution in [0.3, 0.4) is 0 Å². The van der Waals surface area contributed by atoms with Crippen LogP contribution in [0.15, 0.2) is 0 Å². The summed E-state index contributed by atoms with van der Waals surface area (Å²) in [4.78, 5) is 0. The standard InChI is InChI=1S/2C8H20O4Si.C7H18O4Si.C6H16O4Si.2C4H12O4Si.12CH4/c1-5-7-11-13(9-3,10-4)12-8-6-2;1-5-9-13(10-6-2,11-7-3)12-8-4;1-5-9-12(8-4,10-6-2)11-7-3;1-5-9-11(7-3,8-4)10-6-2;2*1-5-9(6-2,7-3)8-4;;;;;;;;;;;;/h2*5-8H2,1-4H3;5-7H2,1-4H3;5-6H2,1-4H3;2*1-4H3;12*1H4. The second-order valence-corrected chi connectivity index (χ2v) is 25.7. The summed E-state index contributed by atoms with van der Waals surface area (Å²) in [5, 5.41) is 0. The third-order valence-electron chi connectivity index (χ3n) is 7.11. The Balaban J connectivity index is -0.0000000344. The van der Waals surface area contributed by atoms with Crippen molar-refractivity contribution >= 4 is 54.3 Å². The van der Waals surface area contributed by atoms with Gasteiger partial charge in [-0.3, -0.25) is 0 Å². The molecule has 0 aromatic carbocycles. The van der Waals surface area contributed by atoms with Crippen LogP contribution in [0.25, 0.3) is 0 Å². The maximum atomic E-state index is 5.45. The highest BCUT2D eigenvalue weighted by molar-refractivity contribution is 6.55. The molecule has 0 aromatic rings. The van der Waals surface area contributed by atoms with Gasteiger partial charge in [-0.15, -0.1) is 0 Å². The van der Waals surface area contributed by atoms with E-state index in [1.165, 1.54) is 71.1 Å². The van der Waals surface area contributed by atoms with Crippen molar-refractivity contribution in [3.63, 3.8) is 0 Å². The van der Waals surface area contributed by atoms with E-state index < -0.39 is 54.3 Å². The lowest BCUT2D eigenvalue weighted by atomic mass is 10.5. The summed E-state index contributed by atoms with van der Waals surface area (Å²) in [6.45, 7) is 27.2. The predicted molar refractivity (Wildman–Crippen MR) is 344 cm³/mol. The summed E-state index contributed by atoms with van der Waals surface area (Å²) in [5.41, 5.74) is 0. The molecule has 0 aliphatic rings. The molecule has 0 saturated carbocycles. The highest BCUT2D eigenvalue weighted by atomic mass is 28.4. The van der Waals surface area contributed by atoms with Crippen molar-refractivity contribution in [2.75, 3.05) is 165 Å². The quantitative estimate of drug-likeness (QED) is 0.0527. The van der Waals surface area contributed by atoms with Crippen LogP contribution in [0.4, 0.5) is 0 Å². The zero-order valence-electron chi connectivity index (χ0n) is 46.0. The van der Waals surface area contributed by atoms with E-state index in [-0.39, 0.29) is 89.1 Å². The summed E-state index contributed by atoms with van der Waals surface area (Å²) < 4.78 is 123. The first kappa shape index (κ1) is 129. The molecule has 0 bridgehead atoms. The minimum absolute atomic E-state index is 0. The summed E-state index contributed by atoms with van der Waals surface area (Å²) in [6.07, 6.45) is 1.86. The van der Waals surface area contributed by atoms with Gasteiger partial charge in [0.2, 0.25) is 0 Å². The van der Waals surface area contributed by atoms with Gasteiger partial charge in [0.1, 0.15) is 0 Å². The van der Waals surface area contributed by atoms with Crippen LogP contribution in [0.1, 0.15) is 178 Å². The Labute approximate surface area is 501 Å². The SMILES string of the molecule is C.C.C.C.C.C.C.C.C.C.C.C.CCCO[Si](OC)(OC)OCCC.CCO[Si](OC)(OC)OCC.CCO[Si](OC)(OCC)OCC.CCO[Si](OCC)(OCC)OCC.CO[Si](OC)(OC)OC.CO[Si](OC)(OC)OC. The Kier molecular flexibility index (Phi) is 143. The molecule has 0 fully saturated rings. The third kappa shape index (κ3) is 62.7. The molecule has 0 radical (unpaired) electrons. The molecule has 79 heavy (non-hydrogen) atoms. The van der Waals surface area contributed by atoms with Crippen LogP contribution in [0, 0.1) is 0 Å². The fourth-order valence-corrected chi connectivity index (χ4v) is 13.0. The number of hydrogen-bond acceptors (Lipinski definition) is 24. The first-order chi connectivity index (χ1) is 32.0. The maximum Gasteiger partial charge on any atom is 0.679 e. The molecule has 0 unspecified atom stereocenters. The Hall–Kier alpha value is 0.341. The molecule has 0 saturated heterocycles. The summed E-state index contributed by atoms with van der Waals surface area (Å²) >= 11 is 0. The Morgan fingerprint density at radius 1 is 0.165 bits per heavy atom.